The van der Waals surface area contributed by atoms with E-state index in [0.717, 1.165) is 12.2 Å². The average molecular weight is 276 g/mol. The molecule has 0 atom stereocenters. The molecule has 0 aliphatic heterocycles. The van der Waals surface area contributed by atoms with Gasteiger partial charge in [-0.3, -0.25) is 0 Å². The number of nitrogens with zero attached hydrogens (tertiary/aromatic N) is 1. The predicted molar refractivity (Wildman–Crippen MR) is 78.9 cm³/mol. The number of aryl methyl sites for hydroxylation is 2. The van der Waals surface area contributed by atoms with Crippen LogP contribution in [0.1, 0.15) is 36.8 Å². The molecule has 4 heteroatoms. The number of hydrogen-bond acceptors (Lipinski definition) is 3. The van der Waals surface area contributed by atoms with Crippen molar-refractivity contribution in [3.8, 4) is 0 Å². The maximum absolute atomic E-state index is 8.67. The third-order valence-electron chi connectivity index (χ3n) is 4.26. The van der Waals surface area contributed by atoms with E-state index in [0.29, 0.717) is 5.84 Å². The molecule has 19 heavy (non-hydrogen) atoms. The number of rotatable bonds is 5. The summed E-state index contributed by atoms with van der Waals surface area (Å²) in [7, 11) is 0. The van der Waals surface area contributed by atoms with Crippen molar-refractivity contribution in [2.45, 2.75) is 43.4 Å². The maximum Gasteiger partial charge on any atom is 0.139 e. The van der Waals surface area contributed by atoms with Gasteiger partial charge in [0.25, 0.3) is 0 Å². The van der Waals surface area contributed by atoms with Crippen molar-refractivity contribution < 1.29 is 5.21 Å². The molecule has 102 valence electrons. The van der Waals surface area contributed by atoms with E-state index >= 15 is 0 Å². The van der Waals surface area contributed by atoms with E-state index in [2.05, 4.69) is 23.4 Å². The fourth-order valence-corrected chi connectivity index (χ4v) is 4.10. The molecule has 0 aromatic heterocycles. The van der Waals surface area contributed by atoms with Crippen molar-refractivity contribution in [2.75, 3.05) is 5.75 Å². The molecule has 1 fully saturated rings. The first-order valence-electron chi connectivity index (χ1n) is 6.92. The lowest BCUT2D eigenvalue weighted by atomic mass is 10.1. The molecule has 0 unspecified atom stereocenters. The fraction of sp³-hybridized carbons (Fsp3) is 0.533. The highest BCUT2D eigenvalue weighted by atomic mass is 32.2. The second-order valence-electron chi connectivity index (χ2n) is 5.84. The van der Waals surface area contributed by atoms with Crippen molar-refractivity contribution in [1.29, 1.82) is 0 Å². The van der Waals surface area contributed by atoms with Crippen molar-refractivity contribution in [3.63, 3.8) is 0 Å². The SMILES string of the molecule is NC(CC1(CSc2ccc3c(c2)CCC3)CC1)=NO. The fourth-order valence-electron chi connectivity index (χ4n) is 2.84. The van der Waals surface area contributed by atoms with Gasteiger partial charge >= 0.3 is 0 Å². The minimum atomic E-state index is 0.278. The van der Waals surface area contributed by atoms with Gasteiger partial charge in [0, 0.05) is 17.1 Å². The summed E-state index contributed by atoms with van der Waals surface area (Å²) >= 11 is 1.92. The summed E-state index contributed by atoms with van der Waals surface area (Å²) < 4.78 is 0. The number of oxime groups is 1. The van der Waals surface area contributed by atoms with Gasteiger partial charge in [0.2, 0.25) is 0 Å². The third-order valence-corrected chi connectivity index (χ3v) is 5.60. The zero-order valence-electron chi connectivity index (χ0n) is 11.1. The largest absolute Gasteiger partial charge is 0.409 e. The number of hydrogen-bond donors (Lipinski definition) is 2. The van der Waals surface area contributed by atoms with Gasteiger partial charge in [-0.2, -0.15) is 0 Å². The standard InChI is InChI=1S/C15H20N2OS/c16-14(17-18)9-15(6-7-15)10-19-13-5-4-11-2-1-3-12(11)8-13/h4-5,8,18H,1-3,6-7,9-10H2,(H2,16,17). The van der Waals surface area contributed by atoms with Crippen molar-refractivity contribution in [3.05, 3.63) is 29.3 Å². The summed E-state index contributed by atoms with van der Waals surface area (Å²) in [6, 6.07) is 6.88. The molecular formula is C15H20N2OS. The Kier molecular flexibility index (Phi) is 3.44. The highest BCUT2D eigenvalue weighted by molar-refractivity contribution is 7.99. The highest BCUT2D eigenvalue weighted by Gasteiger charge is 2.43. The number of thioether (sulfide) groups is 1. The minimum Gasteiger partial charge on any atom is -0.409 e. The zero-order chi connectivity index (χ0) is 13.3. The van der Waals surface area contributed by atoms with Crippen LogP contribution >= 0.6 is 11.8 Å². The Hall–Kier alpha value is -1.16. The van der Waals surface area contributed by atoms with E-state index in [1.165, 1.54) is 48.1 Å². The van der Waals surface area contributed by atoms with Gasteiger partial charge in [0.15, 0.2) is 0 Å². The molecule has 0 heterocycles. The molecule has 0 bridgehead atoms. The second-order valence-corrected chi connectivity index (χ2v) is 6.89. The first-order chi connectivity index (χ1) is 9.21. The van der Waals surface area contributed by atoms with E-state index in [1.54, 1.807) is 0 Å². The van der Waals surface area contributed by atoms with Crippen LogP contribution in [0.3, 0.4) is 0 Å². The summed E-state index contributed by atoms with van der Waals surface area (Å²) in [6.45, 7) is 0. The van der Waals surface area contributed by atoms with Crippen LogP contribution < -0.4 is 5.73 Å². The molecule has 2 aliphatic carbocycles. The summed E-state index contributed by atoms with van der Waals surface area (Å²) in [5.41, 5.74) is 8.97. The van der Waals surface area contributed by atoms with E-state index < -0.39 is 0 Å². The van der Waals surface area contributed by atoms with Crippen LogP contribution in [-0.2, 0) is 12.8 Å². The Labute approximate surface area is 118 Å². The summed E-state index contributed by atoms with van der Waals surface area (Å²) in [6.07, 6.45) is 6.90. The predicted octanol–water partition coefficient (Wildman–Crippen LogP) is 3.18. The molecule has 0 spiro atoms. The molecule has 1 aromatic carbocycles. The second kappa shape index (κ2) is 5.08. The normalized spacial score (nSPS) is 20.3. The van der Waals surface area contributed by atoms with Gasteiger partial charge in [-0.15, -0.1) is 11.8 Å². The molecule has 1 aromatic rings. The smallest absolute Gasteiger partial charge is 0.139 e. The molecular weight excluding hydrogens is 256 g/mol. The van der Waals surface area contributed by atoms with Crippen molar-refractivity contribution >= 4 is 17.6 Å². The molecule has 3 N–H and O–H groups in total. The third kappa shape index (κ3) is 2.89. The molecule has 3 rings (SSSR count). The minimum absolute atomic E-state index is 0.278. The molecule has 3 nitrogen and oxygen atoms in total. The van der Waals surface area contributed by atoms with Crippen LogP contribution in [0.5, 0.6) is 0 Å². The number of amidine groups is 1. The summed E-state index contributed by atoms with van der Waals surface area (Å²) in [5.74, 6) is 1.44. The quantitative estimate of drug-likeness (QED) is 0.285. The highest BCUT2D eigenvalue weighted by Crippen LogP contribution is 2.52. The summed E-state index contributed by atoms with van der Waals surface area (Å²) in [5, 5.41) is 11.8. The van der Waals surface area contributed by atoms with Crippen molar-refractivity contribution in [1.82, 2.24) is 0 Å². The van der Waals surface area contributed by atoms with Crippen LogP contribution in [0.2, 0.25) is 0 Å². The number of nitrogens with two attached hydrogens (primary N) is 1. The first kappa shape index (κ1) is 12.9. The van der Waals surface area contributed by atoms with Crippen LogP contribution in [-0.4, -0.2) is 16.8 Å². The van der Waals surface area contributed by atoms with Gasteiger partial charge < -0.3 is 10.9 Å². The lowest BCUT2D eigenvalue weighted by Gasteiger charge is -2.14. The monoisotopic (exact) mass is 276 g/mol. The molecule has 0 radical (unpaired) electrons. The van der Waals surface area contributed by atoms with Crippen LogP contribution in [0.25, 0.3) is 0 Å². The Morgan fingerprint density at radius 1 is 1.32 bits per heavy atom. The Morgan fingerprint density at radius 3 is 2.84 bits per heavy atom. The van der Waals surface area contributed by atoms with Gasteiger partial charge in [0.05, 0.1) is 0 Å². The van der Waals surface area contributed by atoms with E-state index in [1.807, 2.05) is 11.8 Å². The van der Waals surface area contributed by atoms with Crippen LogP contribution in [0.4, 0.5) is 0 Å². The maximum atomic E-state index is 8.67. The summed E-state index contributed by atoms with van der Waals surface area (Å²) in [4.78, 5) is 1.37. The first-order valence-corrected chi connectivity index (χ1v) is 7.90. The van der Waals surface area contributed by atoms with Gasteiger partial charge in [0.1, 0.15) is 5.84 Å². The lowest BCUT2D eigenvalue weighted by molar-refractivity contribution is 0.315. The molecule has 0 saturated heterocycles. The topological polar surface area (TPSA) is 58.6 Å². The Morgan fingerprint density at radius 2 is 2.11 bits per heavy atom. The Bertz CT molecular complexity index is 509. The van der Waals surface area contributed by atoms with Crippen LogP contribution in [0, 0.1) is 5.41 Å². The van der Waals surface area contributed by atoms with E-state index in [4.69, 9.17) is 10.9 Å². The van der Waals surface area contributed by atoms with Gasteiger partial charge in [-0.1, -0.05) is 11.2 Å². The Balaban J connectivity index is 1.60. The van der Waals surface area contributed by atoms with Gasteiger partial charge in [-0.25, -0.2) is 0 Å². The number of fused-ring (bicyclic) bond motifs is 1. The zero-order valence-corrected chi connectivity index (χ0v) is 11.9. The van der Waals surface area contributed by atoms with Crippen molar-refractivity contribution in [2.24, 2.45) is 16.3 Å². The molecule has 1 saturated carbocycles. The van der Waals surface area contributed by atoms with E-state index in [-0.39, 0.29) is 5.41 Å². The lowest BCUT2D eigenvalue weighted by Crippen LogP contribution is -2.19. The van der Waals surface area contributed by atoms with Gasteiger partial charge in [-0.05, 0) is 60.8 Å². The van der Waals surface area contributed by atoms with Crippen LogP contribution in [0.15, 0.2) is 28.3 Å². The number of benzene rings is 1. The molecule has 0 amide bonds. The average Bonchev–Trinajstić information content (AvgIpc) is 3.02. The van der Waals surface area contributed by atoms with E-state index in [9.17, 15) is 0 Å². The molecule has 2 aliphatic rings.